The van der Waals surface area contributed by atoms with Crippen LogP contribution in [0.15, 0.2) is 97.9 Å². The Morgan fingerprint density at radius 2 is 1.27 bits per heavy atom. The zero-order valence-electron chi connectivity index (χ0n) is 38.2. The van der Waals surface area contributed by atoms with E-state index in [0.717, 1.165) is 41.4 Å². The highest BCUT2D eigenvalue weighted by atomic mass is 35.5. The minimum absolute atomic E-state index is 0.170. The summed E-state index contributed by atoms with van der Waals surface area (Å²) < 4.78 is 36.4. The number of benzene rings is 2. The number of alkyl halides is 2. The van der Waals surface area contributed by atoms with E-state index in [-0.39, 0.29) is 42.0 Å². The second kappa shape index (κ2) is 23.0. The number of aryl methyl sites for hydroxylation is 2. The molecule has 3 aliphatic heterocycles. The standard InChI is InChI=1S/C26H31ClN2O4.C25H29ClN2O5/c1-4-6-7-8-18-9-11-19(12-10-18)22-13-20-16-29(17(3)28-26(20)33-22)24-14-23(21(5-2)31-24)32-25(30)15-27;1-3-5-6-7-16-8-10-17(11-9-16)20-12-18-15-28(25(30)27-24(18)33-20)22-13-21(19(4-2)31-22)32-23(29)14-26/h9-13,16,21,23-24H,3-8,14-15H2,1-2H3;8-12,15,19,21-22H,3-7,13-14H2,1-2H3. The first-order valence-electron chi connectivity index (χ1n) is 23.2. The van der Waals surface area contributed by atoms with Crippen LogP contribution in [0.2, 0.25) is 0 Å². The first-order valence-corrected chi connectivity index (χ1v) is 24.3. The lowest BCUT2D eigenvalue weighted by atomic mass is 10.0. The largest absolute Gasteiger partial charge is 0.459 e. The van der Waals surface area contributed by atoms with Crippen LogP contribution in [0.1, 0.15) is 109 Å². The summed E-state index contributed by atoms with van der Waals surface area (Å²) in [7, 11) is 0. The molecule has 5 aromatic rings. The summed E-state index contributed by atoms with van der Waals surface area (Å²) in [6, 6.07) is 20.7. The Morgan fingerprint density at radius 3 is 1.80 bits per heavy atom. The molecule has 352 valence electrons. The number of furan rings is 2. The number of hydrogen-bond donors (Lipinski definition) is 0. The zero-order valence-corrected chi connectivity index (χ0v) is 39.7. The van der Waals surface area contributed by atoms with Gasteiger partial charge in [0.25, 0.3) is 0 Å². The molecule has 2 saturated heterocycles. The summed E-state index contributed by atoms with van der Waals surface area (Å²) in [5, 5.41) is 1.57. The summed E-state index contributed by atoms with van der Waals surface area (Å²) in [4.78, 5) is 46.6. The number of rotatable bonds is 18. The summed E-state index contributed by atoms with van der Waals surface area (Å²) in [6.07, 6.45) is 13.2. The molecule has 3 aliphatic rings. The van der Waals surface area contributed by atoms with Gasteiger partial charge in [0.15, 0.2) is 0 Å². The third-order valence-electron chi connectivity index (χ3n) is 12.2. The first-order chi connectivity index (χ1) is 32.0. The Kier molecular flexibility index (Phi) is 17.0. The molecule has 6 unspecified atom stereocenters. The molecule has 0 radical (unpaired) electrons. The van der Waals surface area contributed by atoms with Crippen LogP contribution in [0.4, 0.5) is 0 Å². The van der Waals surface area contributed by atoms with Gasteiger partial charge in [-0.15, -0.1) is 23.2 Å². The third kappa shape index (κ3) is 11.8. The second-order valence-corrected chi connectivity index (χ2v) is 17.5. The topological polar surface area (TPSA) is 148 Å². The number of halogens is 2. The zero-order chi connectivity index (χ0) is 46.7. The van der Waals surface area contributed by atoms with Crippen LogP contribution < -0.4 is 16.5 Å². The van der Waals surface area contributed by atoms with E-state index in [9.17, 15) is 14.4 Å². The fourth-order valence-electron chi connectivity index (χ4n) is 8.59. The highest BCUT2D eigenvalue weighted by Crippen LogP contribution is 2.34. The van der Waals surface area contributed by atoms with Gasteiger partial charge in [-0.3, -0.25) is 14.2 Å². The van der Waals surface area contributed by atoms with Crippen LogP contribution in [0.3, 0.4) is 0 Å². The van der Waals surface area contributed by atoms with Crippen LogP contribution in [0, 0.1) is 0 Å². The molecule has 0 N–H and O–H groups in total. The quantitative estimate of drug-likeness (QED) is 0.0470. The number of carbonyl (C=O) groups excluding carboxylic acids is 2. The maximum atomic E-state index is 12.7. The van der Waals surface area contributed by atoms with Crippen molar-refractivity contribution in [2.75, 3.05) is 11.8 Å². The average molecular weight is 944 g/mol. The number of fused-ring (bicyclic) bond motifs is 2. The Bertz CT molecular complexity index is 2620. The van der Waals surface area contributed by atoms with E-state index < -0.39 is 30.0 Å². The lowest BCUT2D eigenvalue weighted by molar-refractivity contribution is -0.149. The third-order valence-corrected chi connectivity index (χ3v) is 12.6. The van der Waals surface area contributed by atoms with Gasteiger partial charge in [0.1, 0.15) is 53.8 Å². The van der Waals surface area contributed by atoms with Crippen molar-refractivity contribution in [2.24, 2.45) is 4.99 Å². The predicted molar refractivity (Wildman–Crippen MR) is 254 cm³/mol. The SMILES string of the molecule is C=C1N=c2oc(-c3ccc(CCCCC)cc3)cc2=CN1C1CC(OC(=O)CCl)C(CC)O1.CCCCCc1ccc(-c2cc3cn(C4CC(OC(=O)CCl)C(CC)O4)c(=O)nc3o2)cc1. The van der Waals surface area contributed by atoms with Gasteiger partial charge in [-0.05, 0) is 61.8 Å². The molecule has 3 aromatic heterocycles. The van der Waals surface area contributed by atoms with Crippen molar-refractivity contribution in [1.82, 2.24) is 14.5 Å². The fourth-order valence-corrected chi connectivity index (χ4v) is 8.71. The Hall–Kier alpha value is -5.21. The van der Waals surface area contributed by atoms with E-state index in [0.29, 0.717) is 41.8 Å². The number of carbonyl (C=O) groups is 2. The van der Waals surface area contributed by atoms with E-state index in [2.05, 4.69) is 66.8 Å². The molecule has 0 spiro atoms. The number of esters is 2. The molecule has 0 bridgehead atoms. The van der Waals surface area contributed by atoms with Crippen molar-refractivity contribution >= 4 is 52.4 Å². The van der Waals surface area contributed by atoms with Crippen LogP contribution in [0.5, 0.6) is 0 Å². The molecule has 0 aliphatic carbocycles. The van der Waals surface area contributed by atoms with E-state index in [1.807, 2.05) is 49.2 Å². The average Bonchev–Trinajstić information content (AvgIpc) is 4.14. The first kappa shape index (κ1) is 48.7. The van der Waals surface area contributed by atoms with Crippen molar-refractivity contribution < 1.29 is 37.4 Å². The van der Waals surface area contributed by atoms with Crippen molar-refractivity contribution in [2.45, 2.75) is 142 Å². The van der Waals surface area contributed by atoms with Gasteiger partial charge in [-0.2, -0.15) is 9.98 Å². The highest BCUT2D eigenvalue weighted by Gasteiger charge is 2.41. The van der Waals surface area contributed by atoms with Gasteiger partial charge in [-0.1, -0.05) is 108 Å². The lowest BCUT2D eigenvalue weighted by Crippen LogP contribution is -2.37. The molecule has 6 atom stereocenters. The number of hydrogen-bond acceptors (Lipinski definition) is 12. The van der Waals surface area contributed by atoms with Gasteiger partial charge in [0, 0.05) is 36.4 Å². The lowest BCUT2D eigenvalue weighted by Gasteiger charge is -2.27. The molecule has 6 heterocycles. The van der Waals surface area contributed by atoms with Crippen LogP contribution >= 0.6 is 23.2 Å². The summed E-state index contributed by atoms with van der Waals surface area (Å²) in [5.74, 6) is 0.623. The van der Waals surface area contributed by atoms with Crippen molar-refractivity contribution in [3.63, 3.8) is 0 Å². The number of unbranched alkanes of at least 4 members (excludes halogenated alkanes) is 4. The van der Waals surface area contributed by atoms with E-state index in [1.165, 1.54) is 54.2 Å². The van der Waals surface area contributed by atoms with Crippen molar-refractivity contribution in [3.05, 3.63) is 112 Å². The molecule has 66 heavy (non-hydrogen) atoms. The van der Waals surface area contributed by atoms with Gasteiger partial charge in [0.05, 0.1) is 22.8 Å². The van der Waals surface area contributed by atoms with E-state index >= 15 is 0 Å². The molecule has 13 nitrogen and oxygen atoms in total. The Labute approximate surface area is 395 Å². The molecule has 15 heteroatoms. The minimum Gasteiger partial charge on any atom is -0.459 e. The smallest absolute Gasteiger partial charge is 0.353 e. The van der Waals surface area contributed by atoms with Gasteiger partial charge in [0.2, 0.25) is 11.3 Å². The molecular weight excluding hydrogens is 883 g/mol. The normalized spacial score (nSPS) is 21.2. The van der Waals surface area contributed by atoms with Crippen LogP contribution in [-0.2, 0) is 41.4 Å². The maximum absolute atomic E-state index is 12.7. The van der Waals surface area contributed by atoms with Gasteiger partial charge < -0.3 is 32.7 Å². The molecular formula is C51H60Cl2N4O9. The molecule has 2 fully saturated rings. The van der Waals surface area contributed by atoms with Gasteiger partial charge in [-0.25, -0.2) is 4.79 Å². The monoisotopic (exact) mass is 942 g/mol. The fraction of sp³-hybridized carbons (Fsp3) is 0.471. The summed E-state index contributed by atoms with van der Waals surface area (Å²) in [6.45, 7) is 12.4. The summed E-state index contributed by atoms with van der Waals surface area (Å²) >= 11 is 11.2. The highest BCUT2D eigenvalue weighted by molar-refractivity contribution is 6.26. The molecule has 2 aromatic carbocycles. The van der Waals surface area contributed by atoms with Crippen molar-refractivity contribution in [1.29, 1.82) is 0 Å². The van der Waals surface area contributed by atoms with E-state index in [1.54, 1.807) is 6.20 Å². The number of aromatic nitrogens is 2. The van der Waals surface area contributed by atoms with Crippen LogP contribution in [-0.4, -0.2) is 68.8 Å². The number of ether oxygens (including phenoxy) is 4. The van der Waals surface area contributed by atoms with Crippen LogP contribution in [0.25, 0.3) is 39.9 Å². The summed E-state index contributed by atoms with van der Waals surface area (Å²) in [5.41, 5.74) is 4.94. The molecule has 0 saturated carbocycles. The predicted octanol–water partition coefficient (Wildman–Crippen LogP) is 9.74. The Morgan fingerprint density at radius 1 is 0.742 bits per heavy atom. The Balaban J connectivity index is 0.000000196. The van der Waals surface area contributed by atoms with E-state index in [4.69, 9.17) is 51.0 Å². The minimum atomic E-state index is -0.576. The van der Waals surface area contributed by atoms with Crippen molar-refractivity contribution in [3.8, 4) is 22.6 Å². The molecule has 8 rings (SSSR count). The molecule has 0 amide bonds. The second-order valence-electron chi connectivity index (χ2n) is 16.9. The van der Waals surface area contributed by atoms with Gasteiger partial charge >= 0.3 is 17.6 Å². The number of nitrogens with zero attached hydrogens (tertiary/aromatic N) is 4. The maximum Gasteiger partial charge on any atom is 0.353 e.